The van der Waals surface area contributed by atoms with Crippen molar-refractivity contribution in [1.29, 1.82) is 0 Å². The van der Waals surface area contributed by atoms with Crippen LogP contribution in [-0.2, 0) is 0 Å². The Morgan fingerprint density at radius 1 is 1.23 bits per heavy atom. The summed E-state index contributed by atoms with van der Waals surface area (Å²) in [7, 11) is 0. The third-order valence-electron chi connectivity index (χ3n) is 1.83. The van der Waals surface area contributed by atoms with Crippen LogP contribution >= 0.6 is 15.9 Å². The molecule has 3 heteroatoms. The number of aromatic nitrogens is 1. The van der Waals surface area contributed by atoms with E-state index in [4.69, 9.17) is 0 Å². The standard InChI is InChI=1S/C10H8BrNSe/c1-7-9(11)10(13-12-7)8-5-3-2-4-6-8/h2-6H,1H3. The fourth-order valence-corrected chi connectivity index (χ4v) is 3.74. The first-order valence-electron chi connectivity index (χ1n) is 3.96. The minimum absolute atomic E-state index is 0.254. The predicted octanol–water partition coefficient (Wildman–Crippen LogP) is 2.88. The fourth-order valence-electron chi connectivity index (χ4n) is 1.13. The van der Waals surface area contributed by atoms with Crippen LogP contribution in [0.15, 0.2) is 34.8 Å². The third kappa shape index (κ3) is 1.78. The van der Waals surface area contributed by atoms with Gasteiger partial charge in [-0.05, 0) is 0 Å². The van der Waals surface area contributed by atoms with Crippen molar-refractivity contribution in [1.82, 2.24) is 3.98 Å². The number of hydrogen-bond donors (Lipinski definition) is 0. The molecule has 0 amide bonds. The first kappa shape index (κ1) is 9.19. The second-order valence-corrected chi connectivity index (χ2v) is 5.19. The molecule has 0 bridgehead atoms. The van der Waals surface area contributed by atoms with Gasteiger partial charge >= 0.3 is 92.1 Å². The van der Waals surface area contributed by atoms with Crippen molar-refractivity contribution < 1.29 is 0 Å². The van der Waals surface area contributed by atoms with E-state index < -0.39 is 0 Å². The van der Waals surface area contributed by atoms with Crippen molar-refractivity contribution in [2.75, 3.05) is 0 Å². The molecule has 0 saturated heterocycles. The van der Waals surface area contributed by atoms with Crippen LogP contribution in [0.4, 0.5) is 0 Å². The van der Waals surface area contributed by atoms with Crippen molar-refractivity contribution in [2.24, 2.45) is 0 Å². The van der Waals surface area contributed by atoms with Gasteiger partial charge in [0, 0.05) is 0 Å². The van der Waals surface area contributed by atoms with Gasteiger partial charge in [0.2, 0.25) is 0 Å². The second kappa shape index (κ2) is 3.79. The van der Waals surface area contributed by atoms with Gasteiger partial charge in [0.15, 0.2) is 0 Å². The van der Waals surface area contributed by atoms with E-state index in [0.717, 1.165) is 5.69 Å². The molecule has 0 saturated carbocycles. The predicted molar refractivity (Wildman–Crippen MR) is 59.1 cm³/mol. The van der Waals surface area contributed by atoms with Gasteiger partial charge in [0.1, 0.15) is 0 Å². The number of benzene rings is 1. The third-order valence-corrected chi connectivity index (χ3v) is 5.46. The quantitative estimate of drug-likeness (QED) is 0.738. The Morgan fingerprint density at radius 3 is 2.46 bits per heavy atom. The number of nitrogens with zero attached hydrogens (tertiary/aromatic N) is 1. The van der Waals surface area contributed by atoms with Gasteiger partial charge in [-0.3, -0.25) is 0 Å². The zero-order valence-electron chi connectivity index (χ0n) is 7.12. The summed E-state index contributed by atoms with van der Waals surface area (Å²) in [6.45, 7) is 2.04. The zero-order chi connectivity index (χ0) is 9.26. The molecule has 2 rings (SSSR count). The number of rotatable bonds is 1. The van der Waals surface area contributed by atoms with Crippen molar-refractivity contribution >= 4 is 30.7 Å². The van der Waals surface area contributed by atoms with Crippen LogP contribution in [0.3, 0.4) is 0 Å². The molecule has 66 valence electrons. The maximum atomic E-state index is 4.43. The van der Waals surface area contributed by atoms with Crippen LogP contribution in [0.25, 0.3) is 10.0 Å². The number of hydrogen-bond acceptors (Lipinski definition) is 1. The summed E-state index contributed by atoms with van der Waals surface area (Å²) < 4.78 is 6.96. The Bertz CT molecular complexity index is 408. The molecule has 1 aromatic carbocycles. The molecular weight excluding hydrogens is 293 g/mol. The summed E-state index contributed by atoms with van der Waals surface area (Å²) in [5.74, 6) is 0. The minimum atomic E-state index is 0.254. The Morgan fingerprint density at radius 2 is 1.92 bits per heavy atom. The van der Waals surface area contributed by atoms with Crippen molar-refractivity contribution in [3.8, 4) is 10.0 Å². The van der Waals surface area contributed by atoms with Gasteiger partial charge in [0.25, 0.3) is 0 Å². The van der Waals surface area contributed by atoms with Crippen molar-refractivity contribution in [3.63, 3.8) is 0 Å². The fraction of sp³-hybridized carbons (Fsp3) is 0.100. The molecule has 0 unspecified atom stereocenters. The van der Waals surface area contributed by atoms with E-state index in [2.05, 4.69) is 44.2 Å². The number of aryl methyl sites for hydroxylation is 1. The molecule has 2 aromatic rings. The molecule has 0 atom stereocenters. The van der Waals surface area contributed by atoms with E-state index in [1.165, 1.54) is 14.5 Å². The van der Waals surface area contributed by atoms with Crippen LogP contribution in [-0.4, -0.2) is 18.7 Å². The molecule has 0 aliphatic carbocycles. The van der Waals surface area contributed by atoms with Crippen LogP contribution in [0.1, 0.15) is 5.69 Å². The first-order valence-corrected chi connectivity index (χ1v) is 6.38. The van der Waals surface area contributed by atoms with Crippen LogP contribution < -0.4 is 0 Å². The molecule has 0 fully saturated rings. The van der Waals surface area contributed by atoms with E-state index in [9.17, 15) is 0 Å². The summed E-state index contributed by atoms with van der Waals surface area (Å²) in [5.41, 5.74) is 2.41. The molecule has 0 radical (unpaired) electrons. The average molecular weight is 301 g/mol. The Hall–Kier alpha value is -0.371. The Labute approximate surface area is 91.9 Å². The van der Waals surface area contributed by atoms with Gasteiger partial charge in [-0.15, -0.1) is 0 Å². The van der Waals surface area contributed by atoms with Crippen LogP contribution in [0.5, 0.6) is 0 Å². The SMILES string of the molecule is Cc1n[se]c(-c2ccccc2)c1Br. The molecule has 0 N–H and O–H groups in total. The number of halogens is 1. The Balaban J connectivity index is 2.53. The molecule has 1 heterocycles. The van der Waals surface area contributed by atoms with Crippen molar-refractivity contribution in [2.45, 2.75) is 6.92 Å². The van der Waals surface area contributed by atoms with E-state index in [-0.39, 0.29) is 14.7 Å². The Kier molecular flexibility index (Phi) is 2.68. The molecule has 0 aliphatic heterocycles. The summed E-state index contributed by atoms with van der Waals surface area (Å²) in [4.78, 5) is 0. The van der Waals surface area contributed by atoms with E-state index in [1.807, 2.05) is 13.0 Å². The normalized spacial score (nSPS) is 10.3. The zero-order valence-corrected chi connectivity index (χ0v) is 10.4. The van der Waals surface area contributed by atoms with E-state index in [1.54, 1.807) is 0 Å². The summed E-state index contributed by atoms with van der Waals surface area (Å²) in [5, 5.41) is 0. The van der Waals surface area contributed by atoms with Crippen LogP contribution in [0, 0.1) is 6.92 Å². The first-order chi connectivity index (χ1) is 6.29. The molecular formula is C10H8BrNSe. The maximum absolute atomic E-state index is 4.43. The van der Waals surface area contributed by atoms with Crippen molar-refractivity contribution in [3.05, 3.63) is 40.5 Å². The molecule has 1 nitrogen and oxygen atoms in total. The van der Waals surface area contributed by atoms with E-state index >= 15 is 0 Å². The van der Waals surface area contributed by atoms with Gasteiger partial charge in [-0.25, -0.2) is 0 Å². The van der Waals surface area contributed by atoms with E-state index in [0.29, 0.717) is 0 Å². The molecule has 0 aliphatic rings. The average Bonchev–Trinajstić information content (AvgIpc) is 2.49. The van der Waals surface area contributed by atoms with Gasteiger partial charge < -0.3 is 0 Å². The summed E-state index contributed by atoms with van der Waals surface area (Å²) in [6, 6.07) is 10.4. The topological polar surface area (TPSA) is 12.9 Å². The molecule has 0 spiro atoms. The van der Waals surface area contributed by atoms with Gasteiger partial charge in [-0.1, -0.05) is 0 Å². The monoisotopic (exact) mass is 301 g/mol. The summed E-state index contributed by atoms with van der Waals surface area (Å²) in [6.07, 6.45) is 0. The molecule has 13 heavy (non-hydrogen) atoms. The van der Waals surface area contributed by atoms with Gasteiger partial charge in [0.05, 0.1) is 0 Å². The van der Waals surface area contributed by atoms with Gasteiger partial charge in [-0.2, -0.15) is 0 Å². The molecule has 1 aromatic heterocycles. The summed E-state index contributed by atoms with van der Waals surface area (Å²) >= 11 is 3.83. The second-order valence-electron chi connectivity index (χ2n) is 2.78. The van der Waals surface area contributed by atoms with Crippen LogP contribution in [0.2, 0.25) is 0 Å².